The summed E-state index contributed by atoms with van der Waals surface area (Å²) in [4.78, 5) is 12.7. The molecule has 1 rings (SSSR count). The van der Waals surface area contributed by atoms with E-state index in [-0.39, 0.29) is 12.3 Å². The van der Waals surface area contributed by atoms with E-state index in [1.807, 2.05) is 49.3 Å². The van der Waals surface area contributed by atoms with E-state index in [4.69, 9.17) is 5.11 Å². The van der Waals surface area contributed by atoms with Gasteiger partial charge in [0, 0.05) is 13.1 Å². The lowest BCUT2D eigenvalue weighted by Gasteiger charge is -2.22. The fourth-order valence-corrected chi connectivity index (χ4v) is 3.22. The van der Waals surface area contributed by atoms with Crippen molar-refractivity contribution in [3.63, 3.8) is 0 Å². The molecule has 0 aromatic heterocycles. The van der Waals surface area contributed by atoms with Crippen LogP contribution in [-0.2, 0) is 21.2 Å². The summed E-state index contributed by atoms with van der Waals surface area (Å²) in [5, 5.41) is 8.88. The molecule has 1 aromatic rings. The van der Waals surface area contributed by atoms with Gasteiger partial charge in [0.1, 0.15) is 6.54 Å². The molecule has 0 saturated carbocycles. The Morgan fingerprint density at radius 2 is 1.76 bits per heavy atom. The zero-order valence-corrected chi connectivity index (χ0v) is 13.2. The van der Waals surface area contributed by atoms with Gasteiger partial charge in [0.25, 0.3) is 0 Å². The van der Waals surface area contributed by atoms with Crippen molar-refractivity contribution in [2.75, 3.05) is 39.5 Å². The standard InChI is InChI=1S/C14H22N2O4S/c1-15(2)9-10-16(12-14(17)18)21(19,20)11-8-13-6-4-3-5-7-13/h3-7H,8-12H2,1-2H3,(H,17,18). The van der Waals surface area contributed by atoms with E-state index < -0.39 is 22.5 Å². The third-order valence-electron chi connectivity index (χ3n) is 2.99. The molecular formula is C14H22N2O4S. The monoisotopic (exact) mass is 314 g/mol. The van der Waals surface area contributed by atoms with Gasteiger partial charge in [-0.1, -0.05) is 30.3 Å². The van der Waals surface area contributed by atoms with E-state index in [1.165, 1.54) is 0 Å². The Bertz CT molecular complexity index is 543. The predicted octanol–water partition coefficient (Wildman–Crippen LogP) is 0.507. The van der Waals surface area contributed by atoms with Gasteiger partial charge in [-0.3, -0.25) is 4.79 Å². The molecule has 0 aliphatic rings. The topological polar surface area (TPSA) is 77.9 Å². The Morgan fingerprint density at radius 3 is 2.29 bits per heavy atom. The fraction of sp³-hybridized carbons (Fsp3) is 0.500. The lowest BCUT2D eigenvalue weighted by Crippen LogP contribution is -2.41. The van der Waals surface area contributed by atoms with Gasteiger partial charge in [-0.05, 0) is 26.1 Å². The first-order valence-corrected chi connectivity index (χ1v) is 8.30. The molecule has 0 aliphatic heterocycles. The molecule has 0 spiro atoms. The van der Waals surface area contributed by atoms with Crippen molar-refractivity contribution in [2.24, 2.45) is 0 Å². The molecule has 0 heterocycles. The molecule has 0 aliphatic carbocycles. The summed E-state index contributed by atoms with van der Waals surface area (Å²) < 4.78 is 25.6. The normalized spacial score (nSPS) is 12.0. The number of aliphatic carboxylic acids is 1. The first kappa shape index (κ1) is 17.6. The zero-order chi connectivity index (χ0) is 15.9. The summed E-state index contributed by atoms with van der Waals surface area (Å²) in [5.41, 5.74) is 0.920. The average Bonchev–Trinajstić information content (AvgIpc) is 2.42. The molecule has 0 saturated heterocycles. The first-order valence-electron chi connectivity index (χ1n) is 6.69. The van der Waals surface area contributed by atoms with Crippen molar-refractivity contribution in [1.82, 2.24) is 9.21 Å². The minimum atomic E-state index is -3.59. The van der Waals surface area contributed by atoms with E-state index in [0.29, 0.717) is 13.0 Å². The Hall–Kier alpha value is -1.44. The molecule has 0 radical (unpaired) electrons. The van der Waals surface area contributed by atoms with Gasteiger partial charge in [0.05, 0.1) is 5.75 Å². The highest BCUT2D eigenvalue weighted by molar-refractivity contribution is 7.89. The number of nitrogens with zero attached hydrogens (tertiary/aromatic N) is 2. The molecular weight excluding hydrogens is 292 g/mol. The Kier molecular flexibility index (Phi) is 6.80. The van der Waals surface area contributed by atoms with Crippen LogP contribution in [0.4, 0.5) is 0 Å². The molecule has 6 nitrogen and oxygen atoms in total. The number of carbonyl (C=O) groups is 1. The van der Waals surface area contributed by atoms with Gasteiger partial charge in [-0.15, -0.1) is 0 Å². The summed E-state index contributed by atoms with van der Waals surface area (Å²) in [5.74, 6) is -1.23. The maximum Gasteiger partial charge on any atom is 0.318 e. The summed E-state index contributed by atoms with van der Waals surface area (Å²) in [6.07, 6.45) is 0.376. The number of carboxylic acids is 1. The molecule has 0 bridgehead atoms. The van der Waals surface area contributed by atoms with Crippen molar-refractivity contribution in [3.05, 3.63) is 35.9 Å². The highest BCUT2D eigenvalue weighted by Gasteiger charge is 2.24. The van der Waals surface area contributed by atoms with E-state index in [1.54, 1.807) is 0 Å². The SMILES string of the molecule is CN(C)CCN(CC(=O)O)S(=O)(=O)CCc1ccccc1. The zero-order valence-electron chi connectivity index (χ0n) is 12.4. The van der Waals surface area contributed by atoms with Crippen LogP contribution in [0.15, 0.2) is 30.3 Å². The number of benzene rings is 1. The highest BCUT2D eigenvalue weighted by Crippen LogP contribution is 2.07. The smallest absolute Gasteiger partial charge is 0.318 e. The van der Waals surface area contributed by atoms with Crippen molar-refractivity contribution in [3.8, 4) is 0 Å². The third-order valence-corrected chi connectivity index (χ3v) is 4.81. The van der Waals surface area contributed by atoms with Crippen LogP contribution in [0.25, 0.3) is 0 Å². The summed E-state index contributed by atoms with van der Waals surface area (Å²) in [7, 11) is 0.0446. The van der Waals surface area contributed by atoms with Gasteiger partial charge >= 0.3 is 5.97 Å². The molecule has 0 fully saturated rings. The third kappa shape index (κ3) is 6.70. The maximum absolute atomic E-state index is 12.3. The number of carboxylic acid groups (broad SMARTS) is 1. The van der Waals surface area contributed by atoms with Gasteiger partial charge in [0.2, 0.25) is 10.0 Å². The van der Waals surface area contributed by atoms with Crippen molar-refractivity contribution >= 4 is 16.0 Å². The average molecular weight is 314 g/mol. The second-order valence-corrected chi connectivity index (χ2v) is 7.17. The second-order valence-electron chi connectivity index (χ2n) is 5.08. The number of sulfonamides is 1. The molecule has 1 aromatic carbocycles. The number of hydrogen-bond acceptors (Lipinski definition) is 4. The van der Waals surface area contributed by atoms with E-state index in [0.717, 1.165) is 9.87 Å². The van der Waals surface area contributed by atoms with Crippen LogP contribution in [-0.4, -0.2) is 68.2 Å². The number of rotatable bonds is 9. The summed E-state index contributed by atoms with van der Waals surface area (Å²) >= 11 is 0. The largest absolute Gasteiger partial charge is 0.480 e. The van der Waals surface area contributed by atoms with Gasteiger partial charge in [-0.25, -0.2) is 8.42 Å². The van der Waals surface area contributed by atoms with Crippen LogP contribution in [0.2, 0.25) is 0 Å². The van der Waals surface area contributed by atoms with E-state index in [2.05, 4.69) is 0 Å². The minimum absolute atomic E-state index is 0.0856. The summed E-state index contributed by atoms with van der Waals surface area (Å²) in [6, 6.07) is 9.28. The van der Waals surface area contributed by atoms with Crippen molar-refractivity contribution in [2.45, 2.75) is 6.42 Å². The van der Waals surface area contributed by atoms with Crippen LogP contribution < -0.4 is 0 Å². The lowest BCUT2D eigenvalue weighted by atomic mass is 10.2. The molecule has 21 heavy (non-hydrogen) atoms. The Balaban J connectivity index is 2.71. The maximum atomic E-state index is 12.3. The van der Waals surface area contributed by atoms with Gasteiger partial charge in [0.15, 0.2) is 0 Å². The van der Waals surface area contributed by atoms with Crippen LogP contribution in [0.5, 0.6) is 0 Å². The fourth-order valence-electron chi connectivity index (χ4n) is 1.80. The highest BCUT2D eigenvalue weighted by atomic mass is 32.2. The van der Waals surface area contributed by atoms with Crippen LogP contribution >= 0.6 is 0 Å². The van der Waals surface area contributed by atoms with Crippen LogP contribution in [0.1, 0.15) is 5.56 Å². The molecule has 1 N–H and O–H groups in total. The molecule has 7 heteroatoms. The Morgan fingerprint density at radius 1 is 1.14 bits per heavy atom. The quantitative estimate of drug-likeness (QED) is 0.718. The lowest BCUT2D eigenvalue weighted by molar-refractivity contribution is -0.137. The predicted molar refractivity (Wildman–Crippen MR) is 81.7 cm³/mol. The molecule has 0 atom stereocenters. The molecule has 118 valence electrons. The second kappa shape index (κ2) is 8.11. The van der Waals surface area contributed by atoms with Gasteiger partial charge in [-0.2, -0.15) is 4.31 Å². The van der Waals surface area contributed by atoms with Crippen molar-refractivity contribution < 1.29 is 18.3 Å². The number of aryl methyl sites for hydroxylation is 1. The Labute approximate surface area is 126 Å². The van der Waals surface area contributed by atoms with Crippen molar-refractivity contribution in [1.29, 1.82) is 0 Å². The van der Waals surface area contributed by atoms with E-state index >= 15 is 0 Å². The summed E-state index contributed by atoms with van der Waals surface area (Å²) in [6.45, 7) is 0.166. The van der Waals surface area contributed by atoms with E-state index in [9.17, 15) is 13.2 Å². The molecule has 0 unspecified atom stereocenters. The minimum Gasteiger partial charge on any atom is -0.480 e. The number of hydrogen-bond donors (Lipinski definition) is 1. The van der Waals surface area contributed by atoms with Crippen LogP contribution in [0.3, 0.4) is 0 Å². The van der Waals surface area contributed by atoms with Crippen LogP contribution in [0, 0.1) is 0 Å². The van der Waals surface area contributed by atoms with Gasteiger partial charge < -0.3 is 10.0 Å². The number of likely N-dealkylation sites (N-methyl/N-ethyl adjacent to an activating group) is 1. The first-order chi connectivity index (χ1) is 9.81. The molecule has 0 amide bonds.